The number of carbonyl (C=O) groups is 3. The van der Waals surface area contributed by atoms with Crippen LogP contribution in [0.4, 0.5) is 4.79 Å². The second-order valence-corrected chi connectivity index (χ2v) is 5.27. The predicted octanol–water partition coefficient (Wildman–Crippen LogP) is -1.08. The number of carboxylic acids is 1. The molecule has 1 unspecified atom stereocenters. The number of hydrogen-bond acceptors (Lipinski definition) is 5. The summed E-state index contributed by atoms with van der Waals surface area (Å²) in [4.78, 5) is 49.0. The first kappa shape index (κ1) is 15.0. The Morgan fingerprint density at radius 1 is 1.48 bits per heavy atom. The number of rotatable bonds is 4. The Bertz CT molecular complexity index is 610. The lowest BCUT2D eigenvalue weighted by molar-refractivity contribution is -0.142. The molecule has 1 aromatic heterocycles. The fraction of sp³-hybridized carbons (Fsp3) is 0.455. The summed E-state index contributed by atoms with van der Waals surface area (Å²) in [6, 6.07) is -1.57. The highest BCUT2D eigenvalue weighted by molar-refractivity contribution is 7.07. The average Bonchev–Trinajstić information content (AvgIpc) is 2.84. The number of amides is 3. The van der Waals surface area contributed by atoms with Gasteiger partial charge in [0.2, 0.25) is 5.91 Å². The molecule has 21 heavy (non-hydrogen) atoms. The minimum Gasteiger partial charge on any atom is -0.481 e. The number of thiazole rings is 1. The second kappa shape index (κ2) is 6.39. The number of aliphatic carboxylic acids is 1. The number of urea groups is 1. The third-order valence-electron chi connectivity index (χ3n) is 2.96. The Hall–Kier alpha value is -2.36. The van der Waals surface area contributed by atoms with Crippen LogP contribution in [0.5, 0.6) is 0 Å². The van der Waals surface area contributed by atoms with Gasteiger partial charge in [0.05, 0.1) is 13.0 Å². The number of nitrogens with one attached hydrogen (secondary N) is 3. The molecule has 3 amide bonds. The molecular formula is C11H14N4O5S. The molecule has 0 radical (unpaired) electrons. The van der Waals surface area contributed by atoms with Crippen LogP contribution < -0.4 is 15.5 Å². The van der Waals surface area contributed by atoms with Crippen molar-refractivity contribution in [2.24, 2.45) is 0 Å². The van der Waals surface area contributed by atoms with Gasteiger partial charge in [-0.25, -0.2) is 4.79 Å². The van der Waals surface area contributed by atoms with Gasteiger partial charge in [0, 0.05) is 24.2 Å². The molecule has 2 heterocycles. The van der Waals surface area contributed by atoms with Gasteiger partial charge in [-0.3, -0.25) is 14.4 Å². The molecule has 1 atom stereocenters. The van der Waals surface area contributed by atoms with Crippen molar-refractivity contribution in [2.45, 2.75) is 19.0 Å². The standard InChI is InChI=1S/C11H14N4O5S/c16-8(17)3-7-9(18)12-1-2-15(7)10(19)13-4-6-5-21-11(20)14-6/h5,7H,1-4H2,(H,12,18)(H,13,19)(H,14,20)(H,16,17). The minimum absolute atomic E-state index is 0.107. The molecule has 0 aliphatic carbocycles. The molecule has 0 bridgehead atoms. The van der Waals surface area contributed by atoms with Gasteiger partial charge in [0.15, 0.2) is 0 Å². The van der Waals surface area contributed by atoms with Gasteiger partial charge < -0.3 is 25.6 Å². The third-order valence-corrected chi connectivity index (χ3v) is 3.68. The van der Waals surface area contributed by atoms with Crippen molar-refractivity contribution in [3.63, 3.8) is 0 Å². The van der Waals surface area contributed by atoms with E-state index < -0.39 is 30.4 Å². The van der Waals surface area contributed by atoms with Crippen molar-refractivity contribution in [2.75, 3.05) is 13.1 Å². The smallest absolute Gasteiger partial charge is 0.318 e. The lowest BCUT2D eigenvalue weighted by Gasteiger charge is -2.34. The van der Waals surface area contributed by atoms with Crippen molar-refractivity contribution in [3.05, 3.63) is 20.7 Å². The molecule has 1 fully saturated rings. The Kier molecular flexibility index (Phi) is 4.58. The van der Waals surface area contributed by atoms with E-state index in [4.69, 9.17) is 5.11 Å². The zero-order valence-electron chi connectivity index (χ0n) is 10.9. The molecule has 1 saturated heterocycles. The maximum atomic E-state index is 12.1. The summed E-state index contributed by atoms with van der Waals surface area (Å²) in [5.74, 6) is -1.64. The van der Waals surface area contributed by atoms with Crippen molar-refractivity contribution in [1.29, 1.82) is 0 Å². The van der Waals surface area contributed by atoms with Crippen LogP contribution in [0.2, 0.25) is 0 Å². The molecule has 1 aliphatic heterocycles. The van der Waals surface area contributed by atoms with Crippen LogP contribution in [0, 0.1) is 0 Å². The summed E-state index contributed by atoms with van der Waals surface area (Å²) in [7, 11) is 0. The highest BCUT2D eigenvalue weighted by Gasteiger charge is 2.34. The van der Waals surface area contributed by atoms with Crippen LogP contribution in [-0.4, -0.2) is 52.0 Å². The summed E-state index contributed by atoms with van der Waals surface area (Å²) >= 11 is 0.983. The van der Waals surface area contributed by atoms with Crippen molar-refractivity contribution < 1.29 is 19.5 Å². The second-order valence-electron chi connectivity index (χ2n) is 4.43. The third kappa shape index (κ3) is 3.81. The molecule has 0 aromatic carbocycles. The molecule has 0 saturated carbocycles. The molecule has 2 rings (SSSR count). The first-order valence-corrected chi connectivity index (χ1v) is 7.06. The van der Waals surface area contributed by atoms with Gasteiger partial charge in [-0.2, -0.15) is 0 Å². The normalized spacial score (nSPS) is 18.2. The minimum atomic E-state index is -1.16. The summed E-state index contributed by atoms with van der Waals surface area (Å²) in [5, 5.41) is 15.5. The van der Waals surface area contributed by atoms with Crippen molar-refractivity contribution in [3.8, 4) is 0 Å². The van der Waals surface area contributed by atoms with Crippen LogP contribution in [0.15, 0.2) is 10.2 Å². The van der Waals surface area contributed by atoms with Crippen LogP contribution in [-0.2, 0) is 16.1 Å². The highest BCUT2D eigenvalue weighted by Crippen LogP contribution is 2.09. The number of nitrogens with zero attached hydrogens (tertiary/aromatic N) is 1. The molecular weight excluding hydrogens is 300 g/mol. The van der Waals surface area contributed by atoms with Crippen molar-refractivity contribution >= 4 is 29.2 Å². The quantitative estimate of drug-likeness (QED) is 0.561. The number of carbonyl (C=O) groups excluding carboxylic acids is 2. The van der Waals surface area contributed by atoms with Crippen LogP contribution in [0.1, 0.15) is 12.1 Å². The molecule has 114 valence electrons. The van der Waals surface area contributed by atoms with E-state index in [0.717, 1.165) is 11.3 Å². The molecule has 0 spiro atoms. The van der Waals surface area contributed by atoms with E-state index in [9.17, 15) is 19.2 Å². The fourth-order valence-electron chi connectivity index (χ4n) is 2.00. The lowest BCUT2D eigenvalue weighted by atomic mass is 10.1. The Morgan fingerprint density at radius 3 is 2.86 bits per heavy atom. The monoisotopic (exact) mass is 314 g/mol. The molecule has 1 aromatic rings. The van der Waals surface area contributed by atoms with E-state index in [-0.39, 0.29) is 24.5 Å². The summed E-state index contributed by atoms with van der Waals surface area (Å²) in [5.41, 5.74) is 0.551. The topological polar surface area (TPSA) is 132 Å². The van der Waals surface area contributed by atoms with Crippen LogP contribution in [0.25, 0.3) is 0 Å². The Morgan fingerprint density at radius 2 is 2.24 bits per heavy atom. The van der Waals surface area contributed by atoms with Gasteiger partial charge in [0.25, 0.3) is 0 Å². The lowest BCUT2D eigenvalue weighted by Crippen LogP contribution is -2.59. The highest BCUT2D eigenvalue weighted by atomic mass is 32.1. The summed E-state index contributed by atoms with van der Waals surface area (Å²) < 4.78 is 0. The van der Waals surface area contributed by atoms with Gasteiger partial charge in [0.1, 0.15) is 6.04 Å². The van der Waals surface area contributed by atoms with E-state index in [1.54, 1.807) is 5.38 Å². The summed E-state index contributed by atoms with van der Waals surface area (Å²) in [6.07, 6.45) is -0.450. The van der Waals surface area contributed by atoms with E-state index in [2.05, 4.69) is 15.6 Å². The van der Waals surface area contributed by atoms with Gasteiger partial charge >= 0.3 is 16.9 Å². The molecule has 4 N–H and O–H groups in total. The van der Waals surface area contributed by atoms with E-state index in [1.807, 2.05) is 0 Å². The Balaban J connectivity index is 1.99. The number of hydrogen-bond donors (Lipinski definition) is 4. The fourth-order valence-corrected chi connectivity index (χ4v) is 2.58. The summed E-state index contributed by atoms with van der Waals surface area (Å²) in [6.45, 7) is 0.614. The van der Waals surface area contributed by atoms with Gasteiger partial charge in [-0.1, -0.05) is 11.3 Å². The number of aromatic nitrogens is 1. The number of carboxylic acid groups (broad SMARTS) is 1. The SMILES string of the molecule is O=C(O)CC1C(=O)NCCN1C(=O)NCc1csc(=O)[nH]1. The number of aromatic amines is 1. The first-order chi connectivity index (χ1) is 9.97. The maximum Gasteiger partial charge on any atom is 0.318 e. The number of H-pyrrole nitrogens is 1. The Labute approximate surface area is 123 Å². The first-order valence-electron chi connectivity index (χ1n) is 6.18. The van der Waals surface area contributed by atoms with Crippen LogP contribution >= 0.6 is 11.3 Å². The van der Waals surface area contributed by atoms with E-state index in [0.29, 0.717) is 5.69 Å². The zero-order valence-corrected chi connectivity index (χ0v) is 11.7. The van der Waals surface area contributed by atoms with E-state index in [1.165, 1.54) is 4.90 Å². The van der Waals surface area contributed by atoms with Crippen molar-refractivity contribution in [1.82, 2.24) is 20.5 Å². The number of piperazine rings is 1. The maximum absolute atomic E-state index is 12.1. The van der Waals surface area contributed by atoms with E-state index >= 15 is 0 Å². The van der Waals surface area contributed by atoms with Crippen LogP contribution in [0.3, 0.4) is 0 Å². The zero-order chi connectivity index (χ0) is 15.4. The van der Waals surface area contributed by atoms with Gasteiger partial charge in [-0.05, 0) is 0 Å². The average molecular weight is 314 g/mol. The molecule has 1 aliphatic rings. The van der Waals surface area contributed by atoms with Gasteiger partial charge in [-0.15, -0.1) is 0 Å². The largest absolute Gasteiger partial charge is 0.481 e. The predicted molar refractivity (Wildman–Crippen MR) is 72.9 cm³/mol. The molecule has 10 heteroatoms. The molecule has 9 nitrogen and oxygen atoms in total.